The van der Waals surface area contributed by atoms with Crippen LogP contribution in [-0.4, -0.2) is 6.61 Å². The highest BCUT2D eigenvalue weighted by Crippen LogP contribution is 2.47. The second-order valence-corrected chi connectivity index (χ2v) is 32.4. The molecule has 6 heteroatoms. The Kier molecular flexibility index (Phi) is 22.9. The van der Waals surface area contributed by atoms with Crippen LogP contribution in [0.2, 0.25) is 0 Å². The van der Waals surface area contributed by atoms with Crippen molar-refractivity contribution in [3.8, 4) is 61.4 Å². The molecule has 1 heterocycles. The van der Waals surface area contributed by atoms with E-state index in [1.165, 1.54) is 118 Å². The van der Waals surface area contributed by atoms with Gasteiger partial charge < -0.3 is 24.3 Å². The third-order valence-corrected chi connectivity index (χ3v) is 24.0. The summed E-state index contributed by atoms with van der Waals surface area (Å²) in [6.45, 7) is 22.8. The molecule has 15 aromatic carbocycles. The molecule has 16 aromatic rings. The highest BCUT2D eigenvalue weighted by molar-refractivity contribution is 7.25. The summed E-state index contributed by atoms with van der Waals surface area (Å²) in [6.07, 6.45) is 8.93. The van der Waals surface area contributed by atoms with Gasteiger partial charge in [-0.05, 0) is 333 Å². The van der Waals surface area contributed by atoms with Crippen LogP contribution < -0.4 is 24.3 Å². The molecule has 5 nitrogen and oxygen atoms in total. The topological polar surface area (TPSA) is 22.2 Å². The van der Waals surface area contributed by atoms with Gasteiger partial charge in [-0.25, -0.2) is 0 Å². The van der Waals surface area contributed by atoms with Crippen molar-refractivity contribution in [1.29, 1.82) is 0 Å². The third kappa shape index (κ3) is 16.8. The van der Waals surface area contributed by atoms with Crippen molar-refractivity contribution in [3.05, 3.63) is 378 Å². The highest BCUT2D eigenvalue weighted by Gasteiger charge is 2.22. The number of aryl methyl sites for hydroxylation is 9. The Morgan fingerprint density at radius 1 is 0.243 bits per heavy atom. The SMILES string of the molecule is CCCCOc1cc2c(cc1-c1ccc(-c3ccc(N(c4ccc(-c5ccc(N(c6ccc(CCCC)cc6)c6ccc(-c7ccc(N(c8ccc(CCCC)cc8)c8ccc(-c9ccc(N(c%10ccc(C)cc%10)c%10cc(C)ccc%10C)cc9)cc8)cc7)cc6)cc5)cc4)c4cc(C)ccc4C)cc3)cc1)sc1cc(C)c(C)cc12. The van der Waals surface area contributed by atoms with Crippen molar-refractivity contribution in [3.63, 3.8) is 0 Å². The normalized spacial score (nSPS) is 11.4. The number of unbranched alkanes of at least 4 members (excludes halogenated alkanes) is 3. The van der Waals surface area contributed by atoms with Gasteiger partial charge in [0, 0.05) is 94.0 Å². The predicted octanol–water partition coefficient (Wildman–Crippen LogP) is 32.3. The molecule has 0 amide bonds. The molecule has 0 N–H and O–H groups in total. The van der Waals surface area contributed by atoms with E-state index in [1.54, 1.807) is 0 Å². The first-order chi connectivity index (χ1) is 56.2. The lowest BCUT2D eigenvalue weighted by atomic mass is 9.98. The van der Waals surface area contributed by atoms with E-state index in [0.717, 1.165) is 133 Å². The second kappa shape index (κ2) is 34.5. The van der Waals surface area contributed by atoms with E-state index >= 15 is 0 Å². The molecular formula is C109H102N4OS. The molecule has 0 atom stereocenters. The largest absolute Gasteiger partial charge is 0.493 e. The van der Waals surface area contributed by atoms with E-state index in [0.29, 0.717) is 6.61 Å². The number of ether oxygens (including phenoxy) is 1. The van der Waals surface area contributed by atoms with Crippen molar-refractivity contribution in [2.24, 2.45) is 0 Å². The first kappa shape index (κ1) is 76.5. The molecule has 115 heavy (non-hydrogen) atoms. The van der Waals surface area contributed by atoms with Gasteiger partial charge in [-0.3, -0.25) is 0 Å². The summed E-state index contributed by atoms with van der Waals surface area (Å²) < 4.78 is 9.20. The number of anilines is 12. The molecule has 0 saturated carbocycles. The molecule has 0 radical (unpaired) electrons. The molecule has 0 saturated heterocycles. The number of nitrogens with zero attached hydrogens (tertiary/aromatic N) is 4. The molecule has 0 aliphatic heterocycles. The summed E-state index contributed by atoms with van der Waals surface area (Å²) in [7, 11) is 0. The van der Waals surface area contributed by atoms with Crippen LogP contribution in [0.3, 0.4) is 0 Å². The number of rotatable bonds is 27. The predicted molar refractivity (Wildman–Crippen MR) is 496 cm³/mol. The Hall–Kier alpha value is -12.5. The summed E-state index contributed by atoms with van der Waals surface area (Å²) in [5.74, 6) is 0.949. The van der Waals surface area contributed by atoms with Crippen LogP contribution in [0.1, 0.15) is 109 Å². The average Bonchev–Trinajstić information content (AvgIpc) is 1.67. The standard InChI is InChI=1S/C109H102N4OS/c1-11-14-17-81-25-49-92(50-26-81)110(96-57-37-87(38-58-96)89-43-63-99(64-44-89)112(98-47-21-74(4)22-48-98)105-68-75(5)19-23-77(105)7)94-53-33-85(34-54-94)86-35-55-95(56-36-86)111(93-51-27-82(28-52-93)18-15-12-2)97-59-39-88(40-60-97)90-45-65-101(66-46-90)113(106-69-76(6)20-24-78(106)8)100-61-41-84(42-62-100)83-29-31-91(32-30-83)102-73-109-104(72-107(102)114-67-16-13-3)103-70-79(9)80(10)71-108(103)115-109/h19-66,68-73H,11-18,67H2,1-10H3. The molecular weight excluding hydrogens is 1410 g/mol. The minimum Gasteiger partial charge on any atom is -0.493 e. The molecule has 1 aromatic heterocycles. The van der Waals surface area contributed by atoms with Gasteiger partial charge in [0.15, 0.2) is 0 Å². The lowest BCUT2D eigenvalue weighted by Gasteiger charge is -2.28. The van der Waals surface area contributed by atoms with Gasteiger partial charge in [-0.15, -0.1) is 11.3 Å². The number of thiophene rings is 1. The Morgan fingerprint density at radius 3 is 0.870 bits per heavy atom. The molecule has 16 rings (SSSR count). The van der Waals surface area contributed by atoms with Gasteiger partial charge in [0.1, 0.15) is 5.75 Å². The van der Waals surface area contributed by atoms with Gasteiger partial charge in [-0.1, -0.05) is 215 Å². The van der Waals surface area contributed by atoms with E-state index < -0.39 is 0 Å². The van der Waals surface area contributed by atoms with E-state index in [4.69, 9.17) is 4.74 Å². The average molecular weight is 1520 g/mol. The molecule has 0 bridgehead atoms. The number of hydrogen-bond donors (Lipinski definition) is 0. The van der Waals surface area contributed by atoms with Gasteiger partial charge in [-0.2, -0.15) is 0 Å². The molecule has 0 unspecified atom stereocenters. The Bertz CT molecular complexity index is 6010. The Labute approximate surface area is 685 Å². The molecule has 0 spiro atoms. The van der Waals surface area contributed by atoms with Gasteiger partial charge in [0.2, 0.25) is 0 Å². The lowest BCUT2D eigenvalue weighted by Crippen LogP contribution is -2.11. The fourth-order valence-electron chi connectivity index (χ4n) is 15.9. The van der Waals surface area contributed by atoms with Crippen molar-refractivity contribution >= 4 is 99.8 Å². The zero-order valence-electron chi connectivity index (χ0n) is 68.1. The smallest absolute Gasteiger partial charge is 0.127 e. The van der Waals surface area contributed by atoms with E-state index in [-0.39, 0.29) is 0 Å². The Morgan fingerprint density at radius 2 is 0.522 bits per heavy atom. The van der Waals surface area contributed by atoms with E-state index in [9.17, 15) is 0 Å². The van der Waals surface area contributed by atoms with Gasteiger partial charge in [0.25, 0.3) is 0 Å². The second-order valence-electron chi connectivity index (χ2n) is 31.3. The number of hydrogen-bond acceptors (Lipinski definition) is 6. The minimum atomic E-state index is 0.697. The highest BCUT2D eigenvalue weighted by atomic mass is 32.1. The maximum absolute atomic E-state index is 6.59. The molecule has 0 fully saturated rings. The van der Waals surface area contributed by atoms with Crippen molar-refractivity contribution in [2.45, 2.75) is 121 Å². The van der Waals surface area contributed by atoms with Gasteiger partial charge >= 0.3 is 0 Å². The number of fused-ring (bicyclic) bond motifs is 3. The summed E-state index contributed by atoms with van der Waals surface area (Å²) in [5.41, 5.74) is 36.5. The first-order valence-corrected chi connectivity index (χ1v) is 42.0. The fraction of sp³-hybridized carbons (Fsp3) is 0.174. The molecule has 570 valence electrons. The quantitative estimate of drug-likeness (QED) is 0.0477. The monoisotopic (exact) mass is 1510 g/mol. The van der Waals surface area contributed by atoms with Crippen LogP contribution in [0.15, 0.2) is 328 Å². The zero-order valence-corrected chi connectivity index (χ0v) is 69.0. The van der Waals surface area contributed by atoms with Crippen LogP contribution in [0.4, 0.5) is 68.2 Å². The lowest BCUT2D eigenvalue weighted by molar-refractivity contribution is 0.311. The summed E-state index contributed by atoms with van der Waals surface area (Å²) in [6, 6.07) is 122. The van der Waals surface area contributed by atoms with E-state index in [2.05, 4.69) is 416 Å². The summed E-state index contributed by atoms with van der Waals surface area (Å²) >= 11 is 1.87. The third-order valence-electron chi connectivity index (χ3n) is 22.9. The van der Waals surface area contributed by atoms with Crippen molar-refractivity contribution < 1.29 is 4.74 Å². The maximum Gasteiger partial charge on any atom is 0.127 e. The minimum absolute atomic E-state index is 0.697. The molecule has 0 aliphatic carbocycles. The molecule has 0 aliphatic rings. The number of benzene rings is 15. The van der Waals surface area contributed by atoms with Crippen molar-refractivity contribution in [2.75, 3.05) is 26.2 Å². The first-order valence-electron chi connectivity index (χ1n) is 41.2. The summed E-state index contributed by atoms with van der Waals surface area (Å²) in [4.78, 5) is 9.55. The van der Waals surface area contributed by atoms with Crippen LogP contribution in [0, 0.1) is 48.5 Å². The van der Waals surface area contributed by atoms with Crippen LogP contribution in [0.25, 0.3) is 75.8 Å². The Balaban J connectivity index is 0.644. The van der Waals surface area contributed by atoms with E-state index in [1.807, 2.05) is 11.3 Å². The van der Waals surface area contributed by atoms with Crippen LogP contribution in [-0.2, 0) is 12.8 Å². The van der Waals surface area contributed by atoms with Gasteiger partial charge in [0.05, 0.1) is 6.61 Å². The maximum atomic E-state index is 6.59. The fourth-order valence-corrected chi connectivity index (χ4v) is 17.1. The van der Waals surface area contributed by atoms with Crippen LogP contribution >= 0.6 is 11.3 Å². The summed E-state index contributed by atoms with van der Waals surface area (Å²) in [5, 5.41) is 2.58. The van der Waals surface area contributed by atoms with Crippen LogP contribution in [0.5, 0.6) is 5.75 Å². The zero-order chi connectivity index (χ0) is 79.1. The van der Waals surface area contributed by atoms with Crippen molar-refractivity contribution in [1.82, 2.24) is 0 Å².